The van der Waals surface area contributed by atoms with E-state index in [2.05, 4.69) is 10.1 Å². The number of aromatic nitrogens is 2. The number of rotatable bonds is 4. The summed E-state index contributed by atoms with van der Waals surface area (Å²) in [6, 6.07) is 0. The average molecular weight is 306 g/mol. The van der Waals surface area contributed by atoms with Crippen LogP contribution in [0.15, 0.2) is 4.52 Å². The van der Waals surface area contributed by atoms with Crippen LogP contribution in [0.25, 0.3) is 0 Å². The van der Waals surface area contributed by atoms with Crippen LogP contribution in [0.5, 0.6) is 0 Å². The molecule has 2 atom stereocenters. The van der Waals surface area contributed by atoms with Gasteiger partial charge in [0.2, 0.25) is 0 Å². The van der Waals surface area contributed by atoms with Crippen LogP contribution in [0.3, 0.4) is 0 Å². The zero-order valence-electron chi connectivity index (χ0n) is 12.9. The number of esters is 1. The third kappa shape index (κ3) is 2.53. The van der Waals surface area contributed by atoms with Crippen molar-refractivity contribution < 1.29 is 19.2 Å². The number of hydrogen-bond acceptors (Lipinski definition) is 6. The maximum atomic E-state index is 12.2. The average Bonchev–Trinajstić information content (AvgIpc) is 2.78. The van der Waals surface area contributed by atoms with Crippen LogP contribution in [-0.2, 0) is 16.1 Å². The third-order valence-corrected chi connectivity index (χ3v) is 5.60. The van der Waals surface area contributed by atoms with E-state index in [1.165, 1.54) is 6.42 Å². The van der Waals surface area contributed by atoms with E-state index in [4.69, 9.17) is 9.26 Å². The minimum Gasteiger partial charge on any atom is -0.456 e. The molecule has 0 amide bonds. The molecule has 4 saturated carbocycles. The first kappa shape index (κ1) is 14.2. The first-order chi connectivity index (χ1) is 10.4. The molecule has 0 aromatic carbocycles. The van der Waals surface area contributed by atoms with Crippen LogP contribution in [0, 0.1) is 24.2 Å². The number of carbonyl (C=O) groups is 1. The van der Waals surface area contributed by atoms with E-state index in [0.717, 1.165) is 32.1 Å². The van der Waals surface area contributed by atoms with Crippen molar-refractivity contribution in [2.24, 2.45) is 17.3 Å². The van der Waals surface area contributed by atoms with E-state index in [-0.39, 0.29) is 18.0 Å². The van der Waals surface area contributed by atoms with E-state index in [1.807, 2.05) is 0 Å². The van der Waals surface area contributed by atoms with Gasteiger partial charge in [-0.3, -0.25) is 4.79 Å². The summed E-state index contributed by atoms with van der Waals surface area (Å²) < 4.78 is 10.2. The van der Waals surface area contributed by atoms with Crippen molar-refractivity contribution in [3.63, 3.8) is 0 Å². The lowest BCUT2D eigenvalue weighted by atomic mass is 9.47. The second kappa shape index (κ2) is 4.78. The summed E-state index contributed by atoms with van der Waals surface area (Å²) in [6.07, 6.45) is 6.32. The molecule has 4 aliphatic rings. The monoisotopic (exact) mass is 306 g/mol. The summed E-state index contributed by atoms with van der Waals surface area (Å²) in [5.74, 6) is 1.81. The van der Waals surface area contributed by atoms with Crippen LogP contribution < -0.4 is 0 Å². The number of aryl methyl sites for hydroxylation is 1. The molecule has 1 aromatic rings. The zero-order valence-corrected chi connectivity index (χ0v) is 12.9. The molecule has 1 aromatic heterocycles. The zero-order chi connectivity index (χ0) is 15.4. The van der Waals surface area contributed by atoms with Crippen LogP contribution in [0.4, 0.5) is 0 Å². The van der Waals surface area contributed by atoms with Gasteiger partial charge in [0.1, 0.15) is 0 Å². The number of aliphatic hydroxyl groups is 1. The van der Waals surface area contributed by atoms with Crippen molar-refractivity contribution >= 4 is 5.97 Å². The highest BCUT2D eigenvalue weighted by Gasteiger charge is 2.57. The fourth-order valence-electron chi connectivity index (χ4n) is 5.51. The molecule has 5 rings (SSSR count). The molecule has 120 valence electrons. The summed E-state index contributed by atoms with van der Waals surface area (Å²) in [5, 5.41) is 14.4. The molecule has 4 aliphatic carbocycles. The molecule has 1 heterocycles. The van der Waals surface area contributed by atoms with Gasteiger partial charge in [-0.05, 0) is 62.7 Å². The second-order valence-electron chi connectivity index (χ2n) is 7.76. The van der Waals surface area contributed by atoms with Crippen LogP contribution in [0.1, 0.15) is 56.7 Å². The maximum Gasteiger partial charge on any atom is 0.306 e. The Morgan fingerprint density at radius 1 is 1.36 bits per heavy atom. The maximum absolute atomic E-state index is 12.2. The summed E-state index contributed by atoms with van der Waals surface area (Å²) >= 11 is 0. The lowest BCUT2D eigenvalue weighted by Gasteiger charge is -2.60. The number of nitrogens with zero attached hydrogens (tertiary/aromatic N) is 2. The van der Waals surface area contributed by atoms with Gasteiger partial charge in [0.25, 0.3) is 5.89 Å². The lowest BCUT2D eigenvalue weighted by molar-refractivity contribution is -0.177. The van der Waals surface area contributed by atoms with Gasteiger partial charge in [0, 0.05) is 0 Å². The predicted molar refractivity (Wildman–Crippen MR) is 75.5 cm³/mol. The summed E-state index contributed by atoms with van der Waals surface area (Å²) in [4.78, 5) is 16.2. The van der Waals surface area contributed by atoms with E-state index in [1.54, 1.807) is 6.92 Å². The SMILES string of the molecule is Cc1noc(COC(=O)CC23C[C@H]4C[C@@H](CC(O)(C4)C2)C3)n1. The molecule has 0 unspecified atom stereocenters. The van der Waals surface area contributed by atoms with Gasteiger partial charge in [-0.15, -0.1) is 0 Å². The van der Waals surface area contributed by atoms with Gasteiger partial charge < -0.3 is 14.4 Å². The Bertz CT molecular complexity index is 583. The fraction of sp³-hybridized carbons (Fsp3) is 0.812. The Labute approximate surface area is 129 Å². The standard InChI is InChI=1S/C16H22N2O4/c1-10-17-13(22-18-10)8-21-14(19)7-15-3-11-2-12(4-15)6-16(20,5-11)9-15/h11-12,20H,2-9H2,1H3/t11-,12-,15?,16?/m1/s1. The lowest BCUT2D eigenvalue weighted by Crippen LogP contribution is -2.56. The van der Waals surface area contributed by atoms with Crippen molar-refractivity contribution in [3.8, 4) is 0 Å². The van der Waals surface area contributed by atoms with E-state index < -0.39 is 5.60 Å². The number of carbonyl (C=O) groups excluding carboxylic acids is 1. The Hall–Kier alpha value is -1.43. The molecular formula is C16H22N2O4. The van der Waals surface area contributed by atoms with Crippen molar-refractivity contribution in [1.29, 1.82) is 0 Å². The predicted octanol–water partition coefficient (Wildman–Crippen LogP) is 2.14. The molecular weight excluding hydrogens is 284 g/mol. The highest BCUT2D eigenvalue weighted by Crippen LogP contribution is 2.62. The smallest absolute Gasteiger partial charge is 0.306 e. The first-order valence-electron chi connectivity index (χ1n) is 8.11. The van der Waals surface area contributed by atoms with Crippen molar-refractivity contribution in [2.45, 2.75) is 64.1 Å². The van der Waals surface area contributed by atoms with Crippen molar-refractivity contribution in [1.82, 2.24) is 10.1 Å². The van der Waals surface area contributed by atoms with Gasteiger partial charge >= 0.3 is 5.97 Å². The fourth-order valence-corrected chi connectivity index (χ4v) is 5.51. The van der Waals surface area contributed by atoms with Gasteiger partial charge in [0.05, 0.1) is 12.0 Å². The molecule has 6 heteroatoms. The van der Waals surface area contributed by atoms with Crippen LogP contribution in [-0.4, -0.2) is 26.8 Å². The minimum atomic E-state index is -0.534. The highest BCUT2D eigenvalue weighted by molar-refractivity contribution is 5.70. The van der Waals surface area contributed by atoms with Crippen molar-refractivity contribution in [2.75, 3.05) is 0 Å². The highest BCUT2D eigenvalue weighted by atomic mass is 16.6. The largest absolute Gasteiger partial charge is 0.456 e. The number of hydrogen-bond donors (Lipinski definition) is 1. The van der Waals surface area contributed by atoms with Crippen LogP contribution >= 0.6 is 0 Å². The first-order valence-corrected chi connectivity index (χ1v) is 8.11. The molecule has 0 spiro atoms. The quantitative estimate of drug-likeness (QED) is 0.858. The molecule has 1 N–H and O–H groups in total. The van der Waals surface area contributed by atoms with Crippen LogP contribution in [0.2, 0.25) is 0 Å². The topological polar surface area (TPSA) is 85.5 Å². The third-order valence-electron chi connectivity index (χ3n) is 5.60. The number of ether oxygens (including phenoxy) is 1. The Kier molecular flexibility index (Phi) is 3.08. The second-order valence-corrected chi connectivity index (χ2v) is 7.76. The Balaban J connectivity index is 1.39. The molecule has 22 heavy (non-hydrogen) atoms. The Morgan fingerprint density at radius 2 is 2.09 bits per heavy atom. The van der Waals surface area contributed by atoms with E-state index in [0.29, 0.717) is 30.0 Å². The van der Waals surface area contributed by atoms with E-state index in [9.17, 15) is 9.90 Å². The van der Waals surface area contributed by atoms with Crippen molar-refractivity contribution in [3.05, 3.63) is 11.7 Å². The van der Waals surface area contributed by atoms with Gasteiger partial charge in [-0.2, -0.15) is 4.98 Å². The molecule has 0 radical (unpaired) electrons. The van der Waals surface area contributed by atoms with E-state index >= 15 is 0 Å². The minimum absolute atomic E-state index is 0.0346. The normalized spacial score (nSPS) is 39.2. The Morgan fingerprint density at radius 3 is 2.68 bits per heavy atom. The molecule has 0 saturated heterocycles. The molecule has 4 bridgehead atoms. The summed E-state index contributed by atoms with van der Waals surface area (Å²) in [6.45, 7) is 1.76. The van der Waals surface area contributed by atoms with Gasteiger partial charge in [-0.25, -0.2) is 0 Å². The van der Waals surface area contributed by atoms with Gasteiger partial charge in [0.15, 0.2) is 12.4 Å². The molecule has 0 aliphatic heterocycles. The van der Waals surface area contributed by atoms with Gasteiger partial charge in [-0.1, -0.05) is 5.16 Å². The summed E-state index contributed by atoms with van der Waals surface area (Å²) in [7, 11) is 0. The molecule has 4 fully saturated rings. The summed E-state index contributed by atoms with van der Waals surface area (Å²) in [5.41, 5.74) is -0.589. The molecule has 6 nitrogen and oxygen atoms in total.